The average molecular weight is 154 g/mol. The Kier molecular flexibility index (Phi) is 1.06. The molecule has 2 aliphatic carbocycles. The first-order chi connectivity index (χ1) is 5.33. The van der Waals surface area contributed by atoms with Crippen molar-refractivity contribution in [2.24, 2.45) is 0 Å². The number of rotatable bonds is 0. The number of hydrogen-bond donors (Lipinski definition) is 0. The average Bonchev–Trinajstić information content (AvgIpc) is 2.46. The molecule has 0 unspecified atom stereocenters. The Morgan fingerprint density at radius 3 is 2.18 bits per heavy atom. The Balaban J connectivity index is 1.80. The Labute approximate surface area is 66.9 Å². The van der Waals surface area contributed by atoms with E-state index in [9.17, 15) is 0 Å². The SMILES string of the molecule is C1CCC2(C1)OCC1(CC1)O2. The number of ether oxygens (including phenoxy) is 2. The molecule has 11 heavy (non-hydrogen) atoms. The van der Waals surface area contributed by atoms with Gasteiger partial charge in [0.1, 0.15) is 0 Å². The Bertz CT molecular complexity index is 178. The summed E-state index contributed by atoms with van der Waals surface area (Å²) < 4.78 is 11.7. The van der Waals surface area contributed by atoms with Gasteiger partial charge in [-0.15, -0.1) is 0 Å². The predicted molar refractivity (Wildman–Crippen MR) is 40.2 cm³/mol. The molecule has 2 nitrogen and oxygen atoms in total. The molecular weight excluding hydrogens is 140 g/mol. The summed E-state index contributed by atoms with van der Waals surface area (Å²) in [4.78, 5) is 0. The molecule has 3 aliphatic rings. The molecule has 1 heterocycles. The summed E-state index contributed by atoms with van der Waals surface area (Å²) in [5, 5.41) is 0. The van der Waals surface area contributed by atoms with E-state index in [4.69, 9.17) is 9.47 Å². The maximum absolute atomic E-state index is 5.99. The van der Waals surface area contributed by atoms with Gasteiger partial charge in [0.25, 0.3) is 0 Å². The molecule has 62 valence electrons. The van der Waals surface area contributed by atoms with Crippen LogP contribution in [-0.4, -0.2) is 18.0 Å². The van der Waals surface area contributed by atoms with Gasteiger partial charge in [0.2, 0.25) is 0 Å². The molecule has 1 aliphatic heterocycles. The summed E-state index contributed by atoms with van der Waals surface area (Å²) in [5.74, 6) is -0.115. The molecule has 0 amide bonds. The quantitative estimate of drug-likeness (QED) is 0.530. The van der Waals surface area contributed by atoms with Crippen LogP contribution in [0.1, 0.15) is 38.5 Å². The smallest absolute Gasteiger partial charge is 0.169 e. The second-order valence-corrected chi connectivity index (χ2v) is 4.19. The van der Waals surface area contributed by atoms with Crippen LogP contribution in [0.15, 0.2) is 0 Å². The van der Waals surface area contributed by atoms with Crippen LogP contribution in [0.2, 0.25) is 0 Å². The normalized spacial score (nSPS) is 37.1. The minimum absolute atomic E-state index is 0.115. The first-order valence-electron chi connectivity index (χ1n) is 4.67. The standard InChI is InChI=1S/C9H14O2/c1-2-4-9(3-1)10-7-8(11-9)5-6-8/h1-7H2. The van der Waals surface area contributed by atoms with E-state index in [-0.39, 0.29) is 11.4 Å². The van der Waals surface area contributed by atoms with Crippen LogP contribution in [0, 0.1) is 0 Å². The van der Waals surface area contributed by atoms with Crippen LogP contribution in [0.5, 0.6) is 0 Å². The molecular formula is C9H14O2. The van der Waals surface area contributed by atoms with Gasteiger partial charge < -0.3 is 9.47 Å². The van der Waals surface area contributed by atoms with E-state index in [1.807, 2.05) is 0 Å². The van der Waals surface area contributed by atoms with Gasteiger partial charge in [-0.05, 0) is 25.7 Å². The zero-order valence-corrected chi connectivity index (χ0v) is 6.77. The van der Waals surface area contributed by atoms with E-state index in [1.54, 1.807) is 0 Å². The molecule has 0 aromatic carbocycles. The van der Waals surface area contributed by atoms with Gasteiger partial charge in [-0.25, -0.2) is 0 Å². The van der Waals surface area contributed by atoms with Crippen LogP contribution in [0.3, 0.4) is 0 Å². The van der Waals surface area contributed by atoms with E-state index in [0.29, 0.717) is 0 Å². The maximum atomic E-state index is 5.99. The monoisotopic (exact) mass is 154 g/mol. The highest BCUT2D eigenvalue weighted by atomic mass is 16.8. The summed E-state index contributed by atoms with van der Waals surface area (Å²) in [7, 11) is 0. The van der Waals surface area contributed by atoms with Crippen molar-refractivity contribution < 1.29 is 9.47 Å². The third-order valence-electron chi connectivity index (χ3n) is 3.17. The Morgan fingerprint density at radius 2 is 1.64 bits per heavy atom. The van der Waals surface area contributed by atoms with E-state index in [0.717, 1.165) is 19.4 Å². The third kappa shape index (κ3) is 0.859. The lowest BCUT2D eigenvalue weighted by Gasteiger charge is -2.21. The zero-order valence-electron chi connectivity index (χ0n) is 6.77. The van der Waals surface area contributed by atoms with E-state index < -0.39 is 0 Å². The van der Waals surface area contributed by atoms with Gasteiger partial charge in [0, 0.05) is 12.8 Å². The topological polar surface area (TPSA) is 18.5 Å². The summed E-state index contributed by atoms with van der Waals surface area (Å²) in [5.41, 5.74) is 0.199. The fourth-order valence-corrected chi connectivity index (χ4v) is 2.26. The van der Waals surface area contributed by atoms with Crippen molar-refractivity contribution in [1.82, 2.24) is 0 Å². The third-order valence-corrected chi connectivity index (χ3v) is 3.17. The first-order valence-corrected chi connectivity index (χ1v) is 4.67. The molecule has 3 fully saturated rings. The highest BCUT2D eigenvalue weighted by molar-refractivity contribution is 5.02. The van der Waals surface area contributed by atoms with Crippen molar-refractivity contribution in [3.8, 4) is 0 Å². The fourth-order valence-electron chi connectivity index (χ4n) is 2.26. The summed E-state index contributed by atoms with van der Waals surface area (Å²) in [6.07, 6.45) is 7.30. The van der Waals surface area contributed by atoms with Gasteiger partial charge in [0.05, 0.1) is 12.2 Å². The van der Waals surface area contributed by atoms with Gasteiger partial charge in [-0.2, -0.15) is 0 Å². The molecule has 0 atom stereocenters. The van der Waals surface area contributed by atoms with Crippen molar-refractivity contribution in [2.75, 3.05) is 6.61 Å². The van der Waals surface area contributed by atoms with Crippen LogP contribution >= 0.6 is 0 Å². The molecule has 0 bridgehead atoms. The number of hydrogen-bond acceptors (Lipinski definition) is 2. The largest absolute Gasteiger partial charge is 0.347 e. The molecule has 3 rings (SSSR count). The van der Waals surface area contributed by atoms with E-state index in [2.05, 4.69) is 0 Å². The van der Waals surface area contributed by atoms with Crippen molar-refractivity contribution in [2.45, 2.75) is 49.9 Å². The maximum Gasteiger partial charge on any atom is 0.169 e. The summed E-state index contributed by atoms with van der Waals surface area (Å²) >= 11 is 0. The van der Waals surface area contributed by atoms with E-state index in [1.165, 1.54) is 25.7 Å². The Hall–Kier alpha value is -0.0800. The molecule has 2 spiro atoms. The van der Waals surface area contributed by atoms with Crippen molar-refractivity contribution >= 4 is 0 Å². The lowest BCUT2D eigenvalue weighted by Crippen LogP contribution is -2.26. The minimum Gasteiger partial charge on any atom is -0.347 e. The van der Waals surface area contributed by atoms with Crippen LogP contribution in [0.4, 0.5) is 0 Å². The second-order valence-electron chi connectivity index (χ2n) is 4.19. The molecule has 0 radical (unpaired) electrons. The van der Waals surface area contributed by atoms with Gasteiger partial charge in [0.15, 0.2) is 5.79 Å². The van der Waals surface area contributed by atoms with Crippen LogP contribution < -0.4 is 0 Å². The summed E-state index contributed by atoms with van der Waals surface area (Å²) in [6.45, 7) is 0.868. The van der Waals surface area contributed by atoms with Gasteiger partial charge in [-0.3, -0.25) is 0 Å². The minimum atomic E-state index is -0.115. The van der Waals surface area contributed by atoms with Crippen molar-refractivity contribution in [1.29, 1.82) is 0 Å². The lowest BCUT2D eigenvalue weighted by molar-refractivity contribution is -0.165. The molecule has 1 saturated heterocycles. The fraction of sp³-hybridized carbons (Fsp3) is 1.00. The predicted octanol–water partition coefficient (Wildman–Crippen LogP) is 1.84. The lowest BCUT2D eigenvalue weighted by atomic mass is 10.2. The van der Waals surface area contributed by atoms with Crippen LogP contribution in [-0.2, 0) is 9.47 Å². The van der Waals surface area contributed by atoms with Gasteiger partial charge >= 0.3 is 0 Å². The van der Waals surface area contributed by atoms with Gasteiger partial charge in [-0.1, -0.05) is 0 Å². The molecule has 0 aromatic rings. The van der Waals surface area contributed by atoms with E-state index >= 15 is 0 Å². The second kappa shape index (κ2) is 1.80. The van der Waals surface area contributed by atoms with Crippen LogP contribution in [0.25, 0.3) is 0 Å². The molecule has 0 N–H and O–H groups in total. The summed E-state index contributed by atoms with van der Waals surface area (Å²) in [6, 6.07) is 0. The van der Waals surface area contributed by atoms with Crippen molar-refractivity contribution in [3.05, 3.63) is 0 Å². The molecule has 0 aromatic heterocycles. The highest BCUT2D eigenvalue weighted by Gasteiger charge is 2.57. The molecule has 2 saturated carbocycles. The Morgan fingerprint density at radius 1 is 0.909 bits per heavy atom. The molecule has 2 heteroatoms. The first kappa shape index (κ1) is 6.44. The zero-order chi connectivity index (χ0) is 7.36. The highest BCUT2D eigenvalue weighted by Crippen LogP contribution is 2.53. The van der Waals surface area contributed by atoms with Crippen molar-refractivity contribution in [3.63, 3.8) is 0 Å².